The molecule has 6 rings (SSSR count). The van der Waals surface area contributed by atoms with Gasteiger partial charge in [-0.15, -0.1) is 0 Å². The summed E-state index contributed by atoms with van der Waals surface area (Å²) >= 11 is 0. The third kappa shape index (κ3) is 3.87. The maximum Gasteiger partial charge on any atom is 0.343 e. The molecule has 1 aromatic heterocycles. The molecule has 0 spiro atoms. The van der Waals surface area contributed by atoms with Crippen molar-refractivity contribution in [3.63, 3.8) is 0 Å². The van der Waals surface area contributed by atoms with Crippen molar-refractivity contribution in [2.45, 2.75) is 26.2 Å². The molecule has 1 aliphatic carbocycles. The van der Waals surface area contributed by atoms with Crippen molar-refractivity contribution in [1.82, 2.24) is 5.16 Å². The van der Waals surface area contributed by atoms with E-state index in [2.05, 4.69) is 25.9 Å². The molecule has 5 aromatic rings. The van der Waals surface area contributed by atoms with Gasteiger partial charge in [-0.2, -0.15) is 0 Å². The lowest BCUT2D eigenvalue weighted by molar-refractivity contribution is 0.0735. The molecular formula is C31H23NO5. The largest absolute Gasteiger partial charge is 0.455 e. The van der Waals surface area contributed by atoms with Crippen LogP contribution in [0.5, 0.6) is 11.5 Å². The molecule has 182 valence electrons. The summed E-state index contributed by atoms with van der Waals surface area (Å²) in [6.45, 7) is 6.42. The van der Waals surface area contributed by atoms with Gasteiger partial charge in [-0.25, -0.2) is 4.79 Å². The first-order valence-corrected chi connectivity index (χ1v) is 12.0. The highest BCUT2D eigenvalue weighted by Gasteiger charge is 2.33. The number of benzene rings is 4. The van der Waals surface area contributed by atoms with E-state index in [0.717, 1.165) is 0 Å². The Morgan fingerprint density at radius 2 is 1.54 bits per heavy atom. The minimum atomic E-state index is -0.558. The van der Waals surface area contributed by atoms with Crippen LogP contribution in [-0.4, -0.2) is 16.9 Å². The Bertz CT molecular complexity index is 1720. The lowest BCUT2D eigenvalue weighted by Gasteiger charge is -2.20. The fourth-order valence-electron chi connectivity index (χ4n) is 4.56. The van der Waals surface area contributed by atoms with Gasteiger partial charge in [0.2, 0.25) is 0 Å². The number of ketones is 1. The van der Waals surface area contributed by atoms with Gasteiger partial charge in [-0.3, -0.25) is 4.79 Å². The Hall–Kier alpha value is -4.71. The number of hydrogen-bond donors (Lipinski definition) is 0. The van der Waals surface area contributed by atoms with Gasteiger partial charge in [0.15, 0.2) is 28.6 Å². The Labute approximate surface area is 213 Å². The molecule has 37 heavy (non-hydrogen) atoms. The number of esters is 1. The predicted octanol–water partition coefficient (Wildman–Crippen LogP) is 7.11. The van der Waals surface area contributed by atoms with Crippen molar-refractivity contribution in [3.05, 3.63) is 107 Å². The molecule has 0 fully saturated rings. The zero-order valence-electron chi connectivity index (χ0n) is 20.6. The summed E-state index contributed by atoms with van der Waals surface area (Å²) in [6, 6.07) is 23.7. The molecule has 1 aliphatic rings. The van der Waals surface area contributed by atoms with Crippen LogP contribution in [0, 0.1) is 0 Å². The van der Waals surface area contributed by atoms with Crippen molar-refractivity contribution in [1.29, 1.82) is 0 Å². The smallest absolute Gasteiger partial charge is 0.343 e. The molecule has 0 N–H and O–H groups in total. The first kappa shape index (κ1) is 22.7. The van der Waals surface area contributed by atoms with E-state index in [0.29, 0.717) is 38.7 Å². The van der Waals surface area contributed by atoms with E-state index in [-0.39, 0.29) is 28.3 Å². The predicted molar refractivity (Wildman–Crippen MR) is 141 cm³/mol. The molecule has 0 saturated heterocycles. The molecular weight excluding hydrogens is 466 g/mol. The second kappa shape index (κ2) is 8.45. The van der Waals surface area contributed by atoms with Crippen LogP contribution in [0.1, 0.15) is 52.7 Å². The van der Waals surface area contributed by atoms with Gasteiger partial charge < -0.3 is 14.0 Å². The van der Waals surface area contributed by atoms with Crippen LogP contribution in [0.4, 0.5) is 0 Å². The Kier molecular flexibility index (Phi) is 5.19. The molecule has 0 amide bonds. The normalized spacial score (nSPS) is 13.1. The summed E-state index contributed by atoms with van der Waals surface area (Å²) in [5.74, 6) is 0.107. The molecule has 4 aromatic carbocycles. The van der Waals surface area contributed by atoms with Crippen LogP contribution >= 0.6 is 0 Å². The average molecular weight is 490 g/mol. The Morgan fingerprint density at radius 1 is 0.865 bits per heavy atom. The molecule has 0 atom stereocenters. The number of ether oxygens (including phenoxy) is 2. The monoisotopic (exact) mass is 489 g/mol. The van der Waals surface area contributed by atoms with Gasteiger partial charge in [-0.05, 0) is 35.2 Å². The van der Waals surface area contributed by atoms with Gasteiger partial charge >= 0.3 is 5.97 Å². The Morgan fingerprint density at radius 3 is 2.24 bits per heavy atom. The van der Waals surface area contributed by atoms with Crippen LogP contribution in [0.15, 0.2) is 89.5 Å². The number of aromatic nitrogens is 1. The second-order valence-electron chi connectivity index (χ2n) is 9.99. The standard InChI is InChI=1S/C31H23NO5/c1-31(2,3)19-13-15-20(16-14-19)35-24-17-23(33)25-26-27(24)32-37-29(26)22-12-8-7-11-21(22)28(25)36-30(34)18-9-5-4-6-10-18/h4-17H,1-3H3. The lowest BCUT2D eigenvalue weighted by atomic mass is 9.87. The highest BCUT2D eigenvalue weighted by atomic mass is 16.5. The van der Waals surface area contributed by atoms with Crippen LogP contribution < -0.4 is 9.47 Å². The number of carbonyl (C=O) groups excluding carboxylic acids is 2. The van der Waals surface area contributed by atoms with E-state index in [9.17, 15) is 9.59 Å². The number of carbonyl (C=O) groups is 2. The average Bonchev–Trinajstić information content (AvgIpc) is 3.34. The van der Waals surface area contributed by atoms with Gasteiger partial charge in [0, 0.05) is 16.8 Å². The first-order chi connectivity index (χ1) is 17.8. The maximum atomic E-state index is 13.5. The molecule has 0 bridgehead atoms. The first-order valence-electron chi connectivity index (χ1n) is 12.0. The van der Waals surface area contributed by atoms with E-state index in [4.69, 9.17) is 14.0 Å². The van der Waals surface area contributed by atoms with Crippen LogP contribution in [0.2, 0.25) is 0 Å². The number of allylic oxidation sites excluding steroid dienone is 1. The van der Waals surface area contributed by atoms with Crippen LogP contribution in [-0.2, 0) is 5.41 Å². The zero-order chi connectivity index (χ0) is 25.7. The summed E-state index contributed by atoms with van der Waals surface area (Å²) in [5.41, 5.74) is 2.59. The van der Waals surface area contributed by atoms with E-state index >= 15 is 0 Å². The van der Waals surface area contributed by atoms with E-state index in [1.807, 2.05) is 48.5 Å². The fourth-order valence-corrected chi connectivity index (χ4v) is 4.56. The third-order valence-electron chi connectivity index (χ3n) is 6.48. The minimum absolute atomic E-state index is 0.00443. The second-order valence-corrected chi connectivity index (χ2v) is 9.99. The van der Waals surface area contributed by atoms with E-state index < -0.39 is 5.97 Å². The summed E-state index contributed by atoms with van der Waals surface area (Å²) < 4.78 is 17.7. The van der Waals surface area contributed by atoms with Gasteiger partial charge in [0.1, 0.15) is 5.75 Å². The van der Waals surface area contributed by atoms with E-state index in [1.54, 1.807) is 30.3 Å². The molecule has 0 radical (unpaired) electrons. The molecule has 0 unspecified atom stereocenters. The highest BCUT2D eigenvalue weighted by molar-refractivity contribution is 6.27. The number of nitrogens with zero attached hydrogens (tertiary/aromatic N) is 1. The van der Waals surface area contributed by atoms with Crippen molar-refractivity contribution in [2.75, 3.05) is 0 Å². The lowest BCUT2D eigenvalue weighted by Crippen LogP contribution is -2.14. The molecule has 0 aliphatic heterocycles. The van der Waals surface area contributed by atoms with Crippen molar-refractivity contribution in [3.8, 4) is 11.5 Å². The van der Waals surface area contributed by atoms with E-state index in [1.165, 1.54) is 11.6 Å². The summed E-state index contributed by atoms with van der Waals surface area (Å²) in [5, 5.41) is 5.99. The van der Waals surface area contributed by atoms with Crippen molar-refractivity contribution >= 4 is 39.3 Å². The van der Waals surface area contributed by atoms with Crippen molar-refractivity contribution < 1.29 is 23.6 Å². The van der Waals surface area contributed by atoms with Crippen LogP contribution in [0.25, 0.3) is 27.5 Å². The summed E-state index contributed by atoms with van der Waals surface area (Å²) in [6.07, 6.45) is 1.37. The maximum absolute atomic E-state index is 13.5. The highest BCUT2D eigenvalue weighted by Crippen LogP contribution is 2.44. The topological polar surface area (TPSA) is 78.6 Å². The molecule has 6 nitrogen and oxygen atoms in total. The fraction of sp³-hybridized carbons (Fsp3) is 0.129. The summed E-state index contributed by atoms with van der Waals surface area (Å²) in [7, 11) is 0. The number of fused-ring (bicyclic) bond motifs is 2. The summed E-state index contributed by atoms with van der Waals surface area (Å²) in [4.78, 5) is 26.5. The van der Waals surface area contributed by atoms with Gasteiger partial charge in [0.25, 0.3) is 0 Å². The van der Waals surface area contributed by atoms with Gasteiger partial charge in [-0.1, -0.05) is 80.5 Å². The minimum Gasteiger partial charge on any atom is -0.455 e. The van der Waals surface area contributed by atoms with Gasteiger partial charge in [0.05, 0.1) is 16.5 Å². The number of rotatable bonds is 4. The Balaban J connectivity index is 1.47. The molecule has 6 heteroatoms. The quantitative estimate of drug-likeness (QED) is 0.198. The SMILES string of the molecule is CC(C)(C)c1ccc(OC2=CC(=O)c3c(OC(=O)c4ccccc4)c4ccccc4c4onc2c34)cc1. The van der Waals surface area contributed by atoms with Crippen molar-refractivity contribution in [2.24, 2.45) is 0 Å². The molecule has 0 saturated carbocycles. The number of hydrogen-bond acceptors (Lipinski definition) is 6. The third-order valence-corrected chi connectivity index (χ3v) is 6.48. The zero-order valence-corrected chi connectivity index (χ0v) is 20.6. The van der Waals surface area contributed by atoms with Crippen LogP contribution in [0.3, 0.4) is 0 Å². The molecule has 1 heterocycles.